The van der Waals surface area contributed by atoms with Crippen LogP contribution >= 0.6 is 0 Å². The number of para-hydroxylation sites is 1. The van der Waals surface area contributed by atoms with Gasteiger partial charge in [0.1, 0.15) is 5.75 Å². The van der Waals surface area contributed by atoms with Crippen molar-refractivity contribution in [3.05, 3.63) is 78.6 Å². The summed E-state index contributed by atoms with van der Waals surface area (Å²) >= 11 is -1.67. The number of pyridine rings is 1. The summed E-state index contributed by atoms with van der Waals surface area (Å²) in [7, 11) is 0. The zero-order valence-electron chi connectivity index (χ0n) is 15.1. The van der Waals surface area contributed by atoms with Gasteiger partial charge in [0.15, 0.2) is 0 Å². The van der Waals surface area contributed by atoms with Gasteiger partial charge in [-0.3, -0.25) is 9.71 Å². The molecular weight excluding hydrogens is 344 g/mol. The van der Waals surface area contributed by atoms with Crippen LogP contribution in [0.5, 0.6) is 5.75 Å². The molecule has 5 heteroatoms. The Labute approximate surface area is 157 Å². The van der Waals surface area contributed by atoms with E-state index in [0.29, 0.717) is 5.75 Å². The van der Waals surface area contributed by atoms with E-state index in [9.17, 15) is 4.21 Å². The molecular formula is C21H22N2O2S. The van der Waals surface area contributed by atoms with Crippen LogP contribution in [-0.2, 0) is 16.7 Å². The van der Waals surface area contributed by atoms with Crippen LogP contribution in [0, 0.1) is 0 Å². The molecule has 1 heterocycles. The van der Waals surface area contributed by atoms with Crippen molar-refractivity contribution in [1.29, 1.82) is 0 Å². The van der Waals surface area contributed by atoms with Gasteiger partial charge in [-0.2, -0.15) is 4.21 Å². The Morgan fingerprint density at radius 2 is 1.69 bits per heavy atom. The first-order chi connectivity index (χ1) is 12.4. The van der Waals surface area contributed by atoms with Gasteiger partial charge in [0, 0.05) is 22.9 Å². The Morgan fingerprint density at radius 3 is 2.35 bits per heavy atom. The zero-order chi connectivity index (χ0) is 18.6. The van der Waals surface area contributed by atoms with E-state index in [1.165, 1.54) is 0 Å². The highest BCUT2D eigenvalue weighted by atomic mass is 32.2. The van der Waals surface area contributed by atoms with Crippen molar-refractivity contribution in [2.75, 3.05) is 4.72 Å². The molecule has 0 radical (unpaired) electrons. The molecule has 0 saturated heterocycles. The molecule has 26 heavy (non-hydrogen) atoms. The summed E-state index contributed by atoms with van der Waals surface area (Å²) in [6.07, 6.45) is 1.87. The van der Waals surface area contributed by atoms with Crippen LogP contribution in [0.25, 0.3) is 11.1 Å². The van der Waals surface area contributed by atoms with Crippen molar-refractivity contribution in [3.8, 4) is 16.9 Å². The molecule has 0 spiro atoms. The SMILES string of the molecule is CC(C)(C)c1ccc(-c2cccc(NS(=O)Oc3ccccc3)c2)cn1. The van der Waals surface area contributed by atoms with Crippen LogP contribution < -0.4 is 8.91 Å². The lowest BCUT2D eigenvalue weighted by Crippen LogP contribution is -2.13. The van der Waals surface area contributed by atoms with Crippen molar-refractivity contribution >= 4 is 17.0 Å². The maximum Gasteiger partial charge on any atom is 0.316 e. The molecule has 4 nitrogen and oxygen atoms in total. The molecule has 2 aromatic carbocycles. The minimum absolute atomic E-state index is 0.0214. The van der Waals surface area contributed by atoms with Crippen LogP contribution in [0.1, 0.15) is 26.5 Å². The first-order valence-electron chi connectivity index (χ1n) is 8.40. The van der Waals surface area contributed by atoms with E-state index in [1.807, 2.05) is 54.7 Å². The van der Waals surface area contributed by atoms with Gasteiger partial charge in [0.25, 0.3) is 0 Å². The number of benzene rings is 2. The van der Waals surface area contributed by atoms with E-state index < -0.39 is 11.3 Å². The average molecular weight is 366 g/mol. The molecule has 1 N–H and O–H groups in total. The highest BCUT2D eigenvalue weighted by Gasteiger charge is 2.15. The van der Waals surface area contributed by atoms with Gasteiger partial charge in [0.05, 0.1) is 5.69 Å². The Bertz CT molecular complexity index is 888. The molecule has 0 aliphatic heterocycles. The van der Waals surface area contributed by atoms with Crippen molar-refractivity contribution in [1.82, 2.24) is 4.98 Å². The summed E-state index contributed by atoms with van der Waals surface area (Å²) in [6, 6.07) is 20.9. The molecule has 0 amide bonds. The molecule has 3 aromatic rings. The van der Waals surface area contributed by atoms with Crippen molar-refractivity contribution in [3.63, 3.8) is 0 Å². The van der Waals surface area contributed by atoms with Crippen molar-refractivity contribution < 1.29 is 8.39 Å². The Hall–Kier alpha value is -2.66. The van der Waals surface area contributed by atoms with Crippen LogP contribution in [-0.4, -0.2) is 9.19 Å². The zero-order valence-corrected chi connectivity index (χ0v) is 15.9. The van der Waals surface area contributed by atoms with Gasteiger partial charge in [-0.1, -0.05) is 57.2 Å². The Morgan fingerprint density at radius 1 is 0.923 bits per heavy atom. The van der Waals surface area contributed by atoms with E-state index in [-0.39, 0.29) is 5.41 Å². The minimum Gasteiger partial charge on any atom is -0.385 e. The molecule has 0 saturated carbocycles. The fourth-order valence-corrected chi connectivity index (χ4v) is 3.10. The molecule has 1 atom stereocenters. The molecule has 0 aliphatic rings. The van der Waals surface area contributed by atoms with Crippen LogP contribution in [0.15, 0.2) is 72.9 Å². The fraction of sp³-hybridized carbons (Fsp3) is 0.190. The number of anilines is 1. The molecule has 0 aliphatic carbocycles. The second-order valence-electron chi connectivity index (χ2n) is 7.00. The number of aromatic nitrogens is 1. The fourth-order valence-electron chi connectivity index (χ4n) is 2.45. The predicted molar refractivity (Wildman–Crippen MR) is 107 cm³/mol. The summed E-state index contributed by atoms with van der Waals surface area (Å²) in [5.74, 6) is 0.552. The monoisotopic (exact) mass is 366 g/mol. The summed E-state index contributed by atoms with van der Waals surface area (Å²) in [5.41, 5.74) is 3.80. The van der Waals surface area contributed by atoms with E-state index >= 15 is 0 Å². The molecule has 3 rings (SSSR count). The van der Waals surface area contributed by atoms with Gasteiger partial charge >= 0.3 is 11.3 Å². The van der Waals surface area contributed by atoms with E-state index in [0.717, 1.165) is 22.5 Å². The third kappa shape index (κ3) is 4.70. The summed E-state index contributed by atoms with van der Waals surface area (Å²) in [6.45, 7) is 6.42. The summed E-state index contributed by atoms with van der Waals surface area (Å²) in [5, 5.41) is 0. The van der Waals surface area contributed by atoms with E-state index in [4.69, 9.17) is 4.18 Å². The summed E-state index contributed by atoms with van der Waals surface area (Å²) < 4.78 is 20.4. The number of hydrogen-bond acceptors (Lipinski definition) is 3. The first kappa shape index (κ1) is 18.1. The third-order valence-electron chi connectivity index (χ3n) is 3.84. The van der Waals surface area contributed by atoms with Crippen LogP contribution in [0.2, 0.25) is 0 Å². The predicted octanol–water partition coefficient (Wildman–Crippen LogP) is 5.12. The quantitative estimate of drug-likeness (QED) is 0.682. The molecule has 134 valence electrons. The molecule has 0 bridgehead atoms. The normalized spacial score (nSPS) is 12.4. The lowest BCUT2D eigenvalue weighted by Gasteiger charge is -2.17. The third-order valence-corrected chi connectivity index (χ3v) is 4.59. The lowest BCUT2D eigenvalue weighted by atomic mass is 9.91. The molecule has 1 aromatic heterocycles. The van der Waals surface area contributed by atoms with Crippen LogP contribution in [0.4, 0.5) is 5.69 Å². The second kappa shape index (κ2) is 7.70. The average Bonchev–Trinajstić information content (AvgIpc) is 2.62. The Kier molecular flexibility index (Phi) is 5.38. The minimum atomic E-state index is -1.67. The number of nitrogens with zero attached hydrogens (tertiary/aromatic N) is 1. The van der Waals surface area contributed by atoms with Gasteiger partial charge in [0.2, 0.25) is 0 Å². The van der Waals surface area contributed by atoms with Crippen molar-refractivity contribution in [2.24, 2.45) is 0 Å². The number of hydrogen-bond donors (Lipinski definition) is 1. The van der Waals surface area contributed by atoms with E-state index in [1.54, 1.807) is 12.1 Å². The van der Waals surface area contributed by atoms with Gasteiger partial charge < -0.3 is 4.18 Å². The van der Waals surface area contributed by atoms with Gasteiger partial charge in [-0.05, 0) is 35.9 Å². The summed E-state index contributed by atoms with van der Waals surface area (Å²) in [4.78, 5) is 4.57. The maximum absolute atomic E-state index is 12.2. The first-order valence-corrected chi connectivity index (χ1v) is 9.48. The second-order valence-corrected chi connectivity index (χ2v) is 7.84. The largest absolute Gasteiger partial charge is 0.385 e. The van der Waals surface area contributed by atoms with Gasteiger partial charge in [-0.25, -0.2) is 0 Å². The standard InChI is InChI=1S/C21H22N2O2S/c1-21(2,3)20-13-12-17(15-22-20)16-8-7-9-18(14-16)23-26(24)25-19-10-5-4-6-11-19/h4-15,23H,1-3H3. The van der Waals surface area contributed by atoms with Crippen molar-refractivity contribution in [2.45, 2.75) is 26.2 Å². The van der Waals surface area contributed by atoms with Crippen LogP contribution in [0.3, 0.4) is 0 Å². The topological polar surface area (TPSA) is 51.2 Å². The maximum atomic E-state index is 12.2. The lowest BCUT2D eigenvalue weighted by molar-refractivity contribution is 0.567. The Balaban J connectivity index is 1.73. The molecule has 0 fully saturated rings. The number of nitrogens with one attached hydrogen (secondary N) is 1. The number of rotatable bonds is 5. The van der Waals surface area contributed by atoms with Gasteiger partial charge in [-0.15, -0.1) is 0 Å². The van der Waals surface area contributed by atoms with E-state index in [2.05, 4.69) is 36.5 Å². The molecule has 1 unspecified atom stereocenters. The highest BCUT2D eigenvalue weighted by Crippen LogP contribution is 2.26. The highest BCUT2D eigenvalue weighted by molar-refractivity contribution is 7.81. The smallest absolute Gasteiger partial charge is 0.316 e.